The molecular formula is C20H24N4O2. The highest BCUT2D eigenvalue weighted by Crippen LogP contribution is 2.25. The minimum Gasteiger partial charge on any atom is -0.342 e. The SMILES string of the molecule is CC(C)[C@@H]1NC(=O)[C@@H]2C[C@H](NCc3ccc4ncccc4c3)CN2C1=O. The van der Waals surface area contributed by atoms with Crippen LogP contribution in [0.25, 0.3) is 10.9 Å². The Bertz CT molecular complexity index is 851. The Kier molecular flexibility index (Phi) is 4.36. The van der Waals surface area contributed by atoms with Gasteiger partial charge >= 0.3 is 0 Å². The maximum atomic E-state index is 12.6. The molecule has 2 N–H and O–H groups in total. The predicted molar refractivity (Wildman–Crippen MR) is 99.3 cm³/mol. The van der Waals surface area contributed by atoms with Gasteiger partial charge in [0.05, 0.1) is 5.52 Å². The van der Waals surface area contributed by atoms with Crippen LogP contribution in [-0.4, -0.2) is 46.4 Å². The summed E-state index contributed by atoms with van der Waals surface area (Å²) in [5, 5.41) is 7.51. The number of hydrogen-bond donors (Lipinski definition) is 2. The van der Waals surface area contributed by atoms with Crippen molar-refractivity contribution in [1.29, 1.82) is 0 Å². The molecule has 0 spiro atoms. The van der Waals surface area contributed by atoms with Crippen molar-refractivity contribution < 1.29 is 9.59 Å². The van der Waals surface area contributed by atoms with E-state index < -0.39 is 6.04 Å². The van der Waals surface area contributed by atoms with Gasteiger partial charge in [0.15, 0.2) is 0 Å². The molecule has 1 aromatic heterocycles. The largest absolute Gasteiger partial charge is 0.342 e. The van der Waals surface area contributed by atoms with E-state index >= 15 is 0 Å². The monoisotopic (exact) mass is 352 g/mol. The summed E-state index contributed by atoms with van der Waals surface area (Å²) in [6.07, 6.45) is 2.46. The number of piperazine rings is 1. The van der Waals surface area contributed by atoms with Crippen molar-refractivity contribution in [3.05, 3.63) is 42.1 Å². The van der Waals surface area contributed by atoms with Gasteiger partial charge in [-0.05, 0) is 36.1 Å². The van der Waals surface area contributed by atoms with Crippen LogP contribution in [0.15, 0.2) is 36.5 Å². The fourth-order valence-electron chi connectivity index (χ4n) is 3.91. The molecule has 2 aliphatic rings. The molecule has 26 heavy (non-hydrogen) atoms. The summed E-state index contributed by atoms with van der Waals surface area (Å²) in [5.41, 5.74) is 2.16. The molecule has 0 radical (unpaired) electrons. The number of rotatable bonds is 4. The van der Waals surface area contributed by atoms with Gasteiger partial charge in [0, 0.05) is 30.7 Å². The Morgan fingerprint density at radius 3 is 2.96 bits per heavy atom. The molecule has 3 heterocycles. The van der Waals surface area contributed by atoms with Crippen molar-refractivity contribution in [2.24, 2.45) is 5.92 Å². The number of carbonyl (C=O) groups excluding carboxylic acids is 2. The standard InChI is InChI=1S/C20H24N4O2/c1-12(2)18-20(26)24-11-15(9-17(24)19(25)23-18)22-10-13-5-6-16-14(8-13)4-3-7-21-16/h3-8,12,15,17-18,22H,9-11H2,1-2H3,(H,23,25)/t15-,17-,18-/m0/s1. The predicted octanol–water partition coefficient (Wildman–Crippen LogP) is 1.45. The Morgan fingerprint density at radius 1 is 1.31 bits per heavy atom. The lowest BCUT2D eigenvalue weighted by molar-refractivity contribution is -0.148. The van der Waals surface area contributed by atoms with Crippen LogP contribution in [0.5, 0.6) is 0 Å². The first-order valence-corrected chi connectivity index (χ1v) is 9.21. The third-order valence-electron chi connectivity index (χ3n) is 5.38. The summed E-state index contributed by atoms with van der Waals surface area (Å²) in [4.78, 5) is 31.1. The number of benzene rings is 1. The molecule has 136 valence electrons. The average Bonchev–Trinajstić information content (AvgIpc) is 3.08. The molecular weight excluding hydrogens is 328 g/mol. The quantitative estimate of drug-likeness (QED) is 0.873. The van der Waals surface area contributed by atoms with Crippen LogP contribution in [0.1, 0.15) is 25.8 Å². The summed E-state index contributed by atoms with van der Waals surface area (Å²) < 4.78 is 0. The number of nitrogens with zero attached hydrogens (tertiary/aromatic N) is 2. The van der Waals surface area contributed by atoms with Gasteiger partial charge in [0.25, 0.3) is 0 Å². The number of fused-ring (bicyclic) bond motifs is 2. The van der Waals surface area contributed by atoms with E-state index in [2.05, 4.69) is 33.8 Å². The highest BCUT2D eigenvalue weighted by Gasteiger charge is 2.46. The fourth-order valence-corrected chi connectivity index (χ4v) is 3.91. The van der Waals surface area contributed by atoms with Crippen LogP contribution in [-0.2, 0) is 16.1 Å². The van der Waals surface area contributed by atoms with Crippen molar-refractivity contribution in [1.82, 2.24) is 20.5 Å². The normalized spacial score (nSPS) is 25.7. The van der Waals surface area contributed by atoms with E-state index in [-0.39, 0.29) is 29.8 Å². The topological polar surface area (TPSA) is 74.3 Å². The number of pyridine rings is 1. The van der Waals surface area contributed by atoms with Gasteiger partial charge < -0.3 is 15.5 Å². The third-order valence-corrected chi connectivity index (χ3v) is 5.38. The van der Waals surface area contributed by atoms with E-state index in [1.165, 1.54) is 5.56 Å². The van der Waals surface area contributed by atoms with Gasteiger partial charge in [-0.2, -0.15) is 0 Å². The smallest absolute Gasteiger partial charge is 0.246 e. The molecule has 6 nitrogen and oxygen atoms in total. The second kappa shape index (κ2) is 6.68. The van der Waals surface area contributed by atoms with Crippen LogP contribution in [0, 0.1) is 5.92 Å². The average molecular weight is 352 g/mol. The lowest BCUT2D eigenvalue weighted by atomic mass is 9.98. The van der Waals surface area contributed by atoms with Crippen LogP contribution >= 0.6 is 0 Å². The summed E-state index contributed by atoms with van der Waals surface area (Å²) in [6, 6.07) is 9.60. The second-order valence-corrected chi connectivity index (χ2v) is 7.58. The molecule has 2 aromatic rings. The van der Waals surface area contributed by atoms with Gasteiger partial charge in [-0.25, -0.2) is 0 Å². The van der Waals surface area contributed by atoms with Gasteiger partial charge in [-0.1, -0.05) is 26.0 Å². The molecule has 2 fully saturated rings. The maximum Gasteiger partial charge on any atom is 0.246 e. The lowest BCUT2D eigenvalue weighted by Gasteiger charge is -2.36. The zero-order valence-corrected chi connectivity index (χ0v) is 15.1. The summed E-state index contributed by atoms with van der Waals surface area (Å²) >= 11 is 0. The Balaban J connectivity index is 1.42. The highest BCUT2D eigenvalue weighted by molar-refractivity contribution is 5.97. The van der Waals surface area contributed by atoms with Gasteiger partial charge in [0.1, 0.15) is 12.1 Å². The molecule has 4 rings (SSSR count). The van der Waals surface area contributed by atoms with Crippen LogP contribution in [0.2, 0.25) is 0 Å². The Morgan fingerprint density at radius 2 is 2.15 bits per heavy atom. The summed E-state index contributed by atoms with van der Waals surface area (Å²) in [6.45, 7) is 5.22. The molecule has 6 heteroatoms. The van der Waals surface area contributed by atoms with Crippen molar-refractivity contribution in [3.63, 3.8) is 0 Å². The minimum absolute atomic E-state index is 0.0237. The molecule has 2 saturated heterocycles. The molecule has 0 saturated carbocycles. The van der Waals surface area contributed by atoms with E-state index in [1.54, 1.807) is 11.1 Å². The molecule has 2 amide bonds. The molecule has 3 atom stereocenters. The van der Waals surface area contributed by atoms with Crippen LogP contribution in [0.4, 0.5) is 0 Å². The van der Waals surface area contributed by atoms with Crippen molar-refractivity contribution in [2.45, 2.75) is 44.9 Å². The summed E-state index contributed by atoms with van der Waals surface area (Å²) in [5.74, 6) is 0.126. The summed E-state index contributed by atoms with van der Waals surface area (Å²) in [7, 11) is 0. The van der Waals surface area contributed by atoms with Gasteiger partial charge in [0.2, 0.25) is 11.8 Å². The number of aromatic nitrogens is 1. The second-order valence-electron chi connectivity index (χ2n) is 7.58. The molecule has 2 aliphatic heterocycles. The lowest BCUT2D eigenvalue weighted by Crippen LogP contribution is -2.62. The van der Waals surface area contributed by atoms with E-state index in [0.717, 1.165) is 10.9 Å². The molecule has 0 unspecified atom stereocenters. The van der Waals surface area contributed by atoms with E-state index in [4.69, 9.17) is 0 Å². The first-order chi connectivity index (χ1) is 12.5. The number of carbonyl (C=O) groups is 2. The van der Waals surface area contributed by atoms with Crippen LogP contribution in [0.3, 0.4) is 0 Å². The Labute approximate surface area is 153 Å². The first kappa shape index (κ1) is 17.0. The van der Waals surface area contributed by atoms with E-state index in [0.29, 0.717) is 19.5 Å². The van der Waals surface area contributed by atoms with Gasteiger partial charge in [-0.15, -0.1) is 0 Å². The maximum absolute atomic E-state index is 12.6. The van der Waals surface area contributed by atoms with Crippen molar-refractivity contribution >= 4 is 22.7 Å². The van der Waals surface area contributed by atoms with Gasteiger partial charge in [-0.3, -0.25) is 14.6 Å². The molecule has 0 aliphatic carbocycles. The number of hydrogen-bond acceptors (Lipinski definition) is 4. The molecule has 1 aromatic carbocycles. The fraction of sp³-hybridized carbons (Fsp3) is 0.450. The van der Waals surface area contributed by atoms with Crippen molar-refractivity contribution in [3.8, 4) is 0 Å². The minimum atomic E-state index is -0.398. The zero-order chi connectivity index (χ0) is 18.3. The number of nitrogens with one attached hydrogen (secondary N) is 2. The van der Waals surface area contributed by atoms with Crippen LogP contribution < -0.4 is 10.6 Å². The van der Waals surface area contributed by atoms with E-state index in [9.17, 15) is 9.59 Å². The molecule has 0 bridgehead atoms. The highest BCUT2D eigenvalue weighted by atomic mass is 16.2. The first-order valence-electron chi connectivity index (χ1n) is 9.21. The number of amides is 2. The zero-order valence-electron chi connectivity index (χ0n) is 15.1. The van der Waals surface area contributed by atoms with Crippen molar-refractivity contribution in [2.75, 3.05) is 6.54 Å². The Hall–Kier alpha value is -2.47. The van der Waals surface area contributed by atoms with E-state index in [1.807, 2.05) is 26.0 Å². The third kappa shape index (κ3) is 3.05.